The van der Waals surface area contributed by atoms with Gasteiger partial charge in [-0.15, -0.1) is 0 Å². The zero-order chi connectivity index (χ0) is 16.4. The molecule has 0 heterocycles. The Kier molecular flexibility index (Phi) is 3.76. The molecule has 0 aromatic heterocycles. The van der Waals surface area contributed by atoms with Gasteiger partial charge in [-0.05, 0) is 18.2 Å². The average molecular weight is 306 g/mol. The molecule has 0 unspecified atom stereocenters. The second-order valence-corrected chi connectivity index (χ2v) is 4.23. The maximum Gasteiger partial charge on any atom is 0.351 e. The molecular formula is C14H10O8. The van der Waals surface area contributed by atoms with Crippen LogP contribution in [0.15, 0.2) is 30.3 Å². The number of carbonyl (C=O) groups is 2. The van der Waals surface area contributed by atoms with E-state index >= 15 is 0 Å². The molecule has 0 atom stereocenters. The van der Waals surface area contributed by atoms with E-state index in [9.17, 15) is 24.9 Å². The standard InChI is InChI=1S/C14H10O8/c15-6-1-2-11(8(3-6)13(19)20)22-14(21)12-9(17)4-7(16)5-10(12)18/h1-5,15-18H,(H,19,20). The van der Waals surface area contributed by atoms with Gasteiger partial charge in [-0.2, -0.15) is 0 Å². The highest BCUT2D eigenvalue weighted by atomic mass is 16.5. The van der Waals surface area contributed by atoms with E-state index in [2.05, 4.69) is 0 Å². The summed E-state index contributed by atoms with van der Waals surface area (Å²) in [7, 11) is 0. The summed E-state index contributed by atoms with van der Waals surface area (Å²) in [6, 6.07) is 4.65. The van der Waals surface area contributed by atoms with Crippen molar-refractivity contribution in [1.29, 1.82) is 0 Å². The SMILES string of the molecule is O=C(O)c1cc(O)ccc1OC(=O)c1c(O)cc(O)cc1O. The van der Waals surface area contributed by atoms with Gasteiger partial charge < -0.3 is 30.3 Å². The zero-order valence-electron chi connectivity index (χ0n) is 10.8. The number of esters is 1. The van der Waals surface area contributed by atoms with Crippen molar-refractivity contribution < 1.29 is 39.9 Å². The van der Waals surface area contributed by atoms with Crippen LogP contribution in [0.3, 0.4) is 0 Å². The third-order valence-corrected chi connectivity index (χ3v) is 2.68. The van der Waals surface area contributed by atoms with Gasteiger partial charge in [-0.1, -0.05) is 0 Å². The molecule has 114 valence electrons. The molecule has 0 aliphatic rings. The number of benzene rings is 2. The molecule has 0 aliphatic heterocycles. The summed E-state index contributed by atoms with van der Waals surface area (Å²) < 4.78 is 4.82. The molecule has 5 N–H and O–H groups in total. The van der Waals surface area contributed by atoms with Crippen LogP contribution in [0.2, 0.25) is 0 Å². The Morgan fingerprint density at radius 3 is 2.00 bits per heavy atom. The lowest BCUT2D eigenvalue weighted by atomic mass is 10.1. The third kappa shape index (κ3) is 2.85. The first-order chi connectivity index (χ1) is 10.3. The van der Waals surface area contributed by atoms with Crippen LogP contribution in [0.5, 0.6) is 28.7 Å². The quantitative estimate of drug-likeness (QED) is 0.423. The molecule has 22 heavy (non-hydrogen) atoms. The number of carbonyl (C=O) groups excluding carboxylic acids is 1. The summed E-state index contributed by atoms with van der Waals surface area (Å²) >= 11 is 0. The highest BCUT2D eigenvalue weighted by Crippen LogP contribution is 2.33. The highest BCUT2D eigenvalue weighted by Gasteiger charge is 2.22. The third-order valence-electron chi connectivity index (χ3n) is 2.68. The average Bonchev–Trinajstić information content (AvgIpc) is 2.39. The minimum absolute atomic E-state index is 0.340. The molecule has 0 saturated carbocycles. The van der Waals surface area contributed by atoms with Crippen molar-refractivity contribution in [2.45, 2.75) is 0 Å². The molecule has 8 heteroatoms. The highest BCUT2D eigenvalue weighted by molar-refractivity contribution is 5.99. The number of hydrogen-bond donors (Lipinski definition) is 5. The summed E-state index contributed by atoms with van der Waals surface area (Å²) in [5, 5.41) is 46.5. The van der Waals surface area contributed by atoms with Crippen molar-refractivity contribution in [3.63, 3.8) is 0 Å². The Bertz CT molecular complexity index is 742. The Labute approximate surface area is 123 Å². The first-order valence-electron chi connectivity index (χ1n) is 5.83. The number of hydrogen-bond acceptors (Lipinski definition) is 7. The van der Waals surface area contributed by atoms with E-state index in [1.54, 1.807) is 0 Å². The Hall–Kier alpha value is -3.42. The predicted octanol–water partition coefficient (Wildman–Crippen LogP) is 1.43. The predicted molar refractivity (Wildman–Crippen MR) is 71.5 cm³/mol. The fraction of sp³-hybridized carbons (Fsp3) is 0. The van der Waals surface area contributed by atoms with Gasteiger partial charge in [0.15, 0.2) is 0 Å². The maximum atomic E-state index is 11.9. The summed E-state index contributed by atoms with van der Waals surface area (Å²) in [4.78, 5) is 23.0. The van der Waals surface area contributed by atoms with Crippen molar-refractivity contribution in [2.75, 3.05) is 0 Å². The summed E-state index contributed by atoms with van der Waals surface area (Å²) in [5.74, 6) is -5.35. The zero-order valence-corrected chi connectivity index (χ0v) is 10.8. The largest absolute Gasteiger partial charge is 0.508 e. The molecule has 8 nitrogen and oxygen atoms in total. The van der Waals surface area contributed by atoms with Crippen molar-refractivity contribution in [1.82, 2.24) is 0 Å². The van der Waals surface area contributed by atoms with Gasteiger partial charge in [0.05, 0.1) is 0 Å². The number of aromatic hydroxyl groups is 4. The van der Waals surface area contributed by atoms with Crippen LogP contribution in [0.1, 0.15) is 20.7 Å². The van der Waals surface area contributed by atoms with Crippen molar-refractivity contribution >= 4 is 11.9 Å². The van der Waals surface area contributed by atoms with E-state index in [4.69, 9.17) is 14.9 Å². The number of aromatic carboxylic acids is 1. The Morgan fingerprint density at radius 1 is 0.864 bits per heavy atom. The summed E-state index contributed by atoms with van der Waals surface area (Å²) in [5.41, 5.74) is -1.12. The number of phenols is 4. The molecule has 0 aliphatic carbocycles. The van der Waals surface area contributed by atoms with E-state index in [0.29, 0.717) is 0 Å². The van der Waals surface area contributed by atoms with Gasteiger partial charge in [-0.3, -0.25) is 0 Å². The first-order valence-corrected chi connectivity index (χ1v) is 5.83. The van der Waals surface area contributed by atoms with Gasteiger partial charge in [-0.25, -0.2) is 9.59 Å². The van der Waals surface area contributed by atoms with Crippen LogP contribution in [0.4, 0.5) is 0 Å². The van der Waals surface area contributed by atoms with Crippen molar-refractivity contribution in [3.05, 3.63) is 41.5 Å². The van der Waals surface area contributed by atoms with Gasteiger partial charge in [0.25, 0.3) is 0 Å². The second-order valence-electron chi connectivity index (χ2n) is 4.23. The van der Waals surface area contributed by atoms with Crippen LogP contribution < -0.4 is 4.74 Å². The van der Waals surface area contributed by atoms with Crippen LogP contribution in [0, 0.1) is 0 Å². The number of rotatable bonds is 3. The lowest BCUT2D eigenvalue weighted by molar-refractivity contribution is 0.0680. The van der Waals surface area contributed by atoms with E-state index in [-0.39, 0.29) is 11.5 Å². The number of carboxylic acids is 1. The lowest BCUT2D eigenvalue weighted by Gasteiger charge is -2.10. The number of carboxylic acid groups (broad SMARTS) is 1. The van der Waals surface area contributed by atoms with E-state index in [0.717, 1.165) is 30.3 Å². The molecule has 0 spiro atoms. The molecule has 0 amide bonds. The van der Waals surface area contributed by atoms with Gasteiger partial charge >= 0.3 is 11.9 Å². The topological polar surface area (TPSA) is 145 Å². The fourth-order valence-corrected chi connectivity index (χ4v) is 1.73. The number of phenolic OH excluding ortho intramolecular Hbond substituents is 4. The molecule has 0 fully saturated rings. The molecule has 0 saturated heterocycles. The molecular weight excluding hydrogens is 296 g/mol. The van der Waals surface area contributed by atoms with Crippen LogP contribution >= 0.6 is 0 Å². The van der Waals surface area contributed by atoms with E-state index in [1.165, 1.54) is 0 Å². The van der Waals surface area contributed by atoms with Gasteiger partial charge in [0.1, 0.15) is 39.9 Å². The van der Waals surface area contributed by atoms with Gasteiger partial charge in [0, 0.05) is 12.1 Å². The Balaban J connectivity index is 2.40. The first kappa shape index (κ1) is 15.0. The fourth-order valence-electron chi connectivity index (χ4n) is 1.73. The molecule has 2 rings (SSSR count). The molecule has 2 aromatic rings. The smallest absolute Gasteiger partial charge is 0.351 e. The monoisotopic (exact) mass is 306 g/mol. The lowest BCUT2D eigenvalue weighted by Crippen LogP contribution is -2.12. The minimum Gasteiger partial charge on any atom is -0.508 e. The van der Waals surface area contributed by atoms with Crippen LogP contribution in [-0.4, -0.2) is 37.5 Å². The maximum absolute atomic E-state index is 11.9. The minimum atomic E-state index is -1.45. The van der Waals surface area contributed by atoms with E-state index < -0.39 is 40.3 Å². The normalized spacial score (nSPS) is 10.2. The summed E-state index contributed by atoms with van der Waals surface area (Å²) in [6.45, 7) is 0. The van der Waals surface area contributed by atoms with E-state index in [1.807, 2.05) is 0 Å². The second kappa shape index (κ2) is 5.52. The Morgan fingerprint density at radius 2 is 1.45 bits per heavy atom. The number of ether oxygens (including phenoxy) is 1. The summed E-state index contributed by atoms with van der Waals surface area (Å²) in [6.07, 6.45) is 0. The van der Waals surface area contributed by atoms with Gasteiger partial charge in [0.2, 0.25) is 0 Å². The van der Waals surface area contributed by atoms with Crippen molar-refractivity contribution in [2.24, 2.45) is 0 Å². The molecule has 0 radical (unpaired) electrons. The molecule has 0 bridgehead atoms. The van der Waals surface area contributed by atoms with Crippen LogP contribution in [-0.2, 0) is 0 Å². The van der Waals surface area contributed by atoms with Crippen molar-refractivity contribution in [3.8, 4) is 28.7 Å². The van der Waals surface area contributed by atoms with Crippen LogP contribution in [0.25, 0.3) is 0 Å². The molecule has 2 aromatic carbocycles.